The molecule has 0 aromatic carbocycles. The summed E-state index contributed by atoms with van der Waals surface area (Å²) in [5.41, 5.74) is -0.198. The van der Waals surface area contributed by atoms with Crippen LogP contribution >= 0.6 is 0 Å². The lowest BCUT2D eigenvalue weighted by atomic mass is 10.2. The molecule has 0 aliphatic carbocycles. The van der Waals surface area contributed by atoms with Crippen LogP contribution in [0.5, 0.6) is 0 Å². The van der Waals surface area contributed by atoms with Crippen molar-refractivity contribution in [1.29, 1.82) is 0 Å². The third kappa shape index (κ3) is 2.57. The highest BCUT2D eigenvalue weighted by atomic mass is 19.4. The van der Waals surface area contributed by atoms with E-state index in [0.717, 1.165) is 6.07 Å². The van der Waals surface area contributed by atoms with Gasteiger partial charge in [-0.1, -0.05) is 18.2 Å². The smallest absolute Gasteiger partial charge is 0.251 e. The van der Waals surface area contributed by atoms with Crippen molar-refractivity contribution in [1.82, 2.24) is 4.98 Å². The Hall–Kier alpha value is -1.32. The number of nitrogens with zero attached hydrogens (tertiary/aromatic N) is 1. The highest BCUT2D eigenvalue weighted by Crippen LogP contribution is 2.27. The maximum Gasteiger partial charge on any atom is 0.433 e. The number of aromatic nitrogens is 1. The Kier molecular flexibility index (Phi) is 2.70. The molecule has 0 aliphatic heterocycles. The van der Waals surface area contributed by atoms with Gasteiger partial charge in [-0.25, -0.2) is 0 Å². The van der Waals surface area contributed by atoms with E-state index in [1.807, 2.05) is 0 Å². The second-order valence-electron chi connectivity index (χ2n) is 2.47. The number of halogens is 3. The van der Waals surface area contributed by atoms with Crippen molar-refractivity contribution in [3.63, 3.8) is 0 Å². The molecule has 0 saturated heterocycles. The Morgan fingerprint density at radius 2 is 2.00 bits per heavy atom. The quantitative estimate of drug-likeness (QED) is 0.658. The summed E-state index contributed by atoms with van der Waals surface area (Å²) in [7, 11) is 0. The van der Waals surface area contributed by atoms with Gasteiger partial charge in [0.2, 0.25) is 0 Å². The molecule has 0 spiro atoms. The maximum atomic E-state index is 12.0. The van der Waals surface area contributed by atoms with Crippen LogP contribution in [0.15, 0.2) is 24.4 Å². The number of rotatable bonds is 1. The molecule has 0 bridgehead atoms. The lowest BCUT2D eigenvalue weighted by molar-refractivity contribution is -0.141. The molecule has 4 heteroatoms. The highest BCUT2D eigenvalue weighted by Gasteiger charge is 2.31. The standard InChI is InChI=1S/C9H8F3N/c1-2-3-7-4-5-8(13-6-7)9(10,11)12/h2-6H,1H3/b3-2+. The molecule has 0 amide bonds. The van der Waals surface area contributed by atoms with Gasteiger partial charge in [-0.15, -0.1) is 0 Å². The predicted molar refractivity (Wildman–Crippen MR) is 43.9 cm³/mol. The second-order valence-corrected chi connectivity index (χ2v) is 2.47. The van der Waals surface area contributed by atoms with E-state index >= 15 is 0 Å². The minimum Gasteiger partial charge on any atom is -0.251 e. The van der Waals surface area contributed by atoms with Crippen LogP contribution in [-0.4, -0.2) is 4.98 Å². The van der Waals surface area contributed by atoms with Crippen LogP contribution < -0.4 is 0 Å². The summed E-state index contributed by atoms with van der Waals surface area (Å²) in [5, 5.41) is 0. The molecular formula is C9H8F3N. The number of allylic oxidation sites excluding steroid dienone is 1. The van der Waals surface area contributed by atoms with E-state index in [4.69, 9.17) is 0 Å². The van der Waals surface area contributed by atoms with Crippen LogP contribution in [0, 0.1) is 0 Å². The summed E-state index contributed by atoms with van der Waals surface area (Å²) in [5.74, 6) is 0. The van der Waals surface area contributed by atoms with E-state index < -0.39 is 11.9 Å². The summed E-state index contributed by atoms with van der Waals surface area (Å²) in [6.07, 6.45) is 0.273. The van der Waals surface area contributed by atoms with Crippen molar-refractivity contribution in [2.75, 3.05) is 0 Å². The van der Waals surface area contributed by atoms with Crippen LogP contribution in [0.1, 0.15) is 18.2 Å². The van der Waals surface area contributed by atoms with Gasteiger partial charge in [0.15, 0.2) is 0 Å². The largest absolute Gasteiger partial charge is 0.433 e. The molecule has 1 heterocycles. The molecule has 13 heavy (non-hydrogen) atoms. The first-order chi connectivity index (χ1) is 6.04. The van der Waals surface area contributed by atoms with E-state index in [9.17, 15) is 13.2 Å². The first-order valence-electron chi connectivity index (χ1n) is 3.70. The fraction of sp³-hybridized carbons (Fsp3) is 0.222. The Morgan fingerprint density at radius 1 is 1.31 bits per heavy atom. The minimum atomic E-state index is -4.35. The molecule has 1 aromatic rings. The second kappa shape index (κ2) is 3.60. The molecular weight excluding hydrogens is 179 g/mol. The number of pyridine rings is 1. The maximum absolute atomic E-state index is 12.0. The van der Waals surface area contributed by atoms with Crippen LogP contribution in [-0.2, 0) is 6.18 Å². The molecule has 0 unspecified atom stereocenters. The Morgan fingerprint density at radius 3 is 2.38 bits per heavy atom. The van der Waals surface area contributed by atoms with Gasteiger partial charge in [0.25, 0.3) is 0 Å². The normalized spacial score (nSPS) is 12.3. The van der Waals surface area contributed by atoms with E-state index in [1.54, 1.807) is 19.1 Å². The number of alkyl halides is 3. The van der Waals surface area contributed by atoms with Crippen LogP contribution in [0.25, 0.3) is 6.08 Å². The van der Waals surface area contributed by atoms with Gasteiger partial charge in [-0.05, 0) is 18.6 Å². The summed E-state index contributed by atoms with van der Waals surface area (Å²) >= 11 is 0. The first kappa shape index (κ1) is 9.77. The Labute approximate surface area is 73.9 Å². The van der Waals surface area contributed by atoms with Gasteiger partial charge < -0.3 is 0 Å². The number of hydrogen-bond donors (Lipinski definition) is 0. The molecule has 0 aliphatic rings. The zero-order chi connectivity index (χ0) is 9.90. The van der Waals surface area contributed by atoms with Crippen molar-refractivity contribution < 1.29 is 13.2 Å². The molecule has 0 saturated carbocycles. The average molecular weight is 187 g/mol. The molecule has 70 valence electrons. The van der Waals surface area contributed by atoms with Gasteiger partial charge in [0.05, 0.1) is 0 Å². The van der Waals surface area contributed by atoms with Crippen molar-refractivity contribution in [3.05, 3.63) is 35.7 Å². The molecule has 1 aromatic heterocycles. The lowest BCUT2D eigenvalue weighted by Crippen LogP contribution is -2.07. The van der Waals surface area contributed by atoms with Crippen LogP contribution in [0.4, 0.5) is 13.2 Å². The monoisotopic (exact) mass is 187 g/mol. The van der Waals surface area contributed by atoms with E-state index in [0.29, 0.717) is 5.56 Å². The van der Waals surface area contributed by atoms with E-state index in [2.05, 4.69) is 4.98 Å². The number of hydrogen-bond acceptors (Lipinski definition) is 1. The highest BCUT2D eigenvalue weighted by molar-refractivity contribution is 5.47. The van der Waals surface area contributed by atoms with Crippen molar-refractivity contribution in [2.24, 2.45) is 0 Å². The van der Waals surface area contributed by atoms with Gasteiger partial charge in [-0.2, -0.15) is 13.2 Å². The van der Waals surface area contributed by atoms with Gasteiger partial charge in [0.1, 0.15) is 5.69 Å². The predicted octanol–water partition coefficient (Wildman–Crippen LogP) is 3.13. The van der Waals surface area contributed by atoms with Gasteiger partial charge >= 0.3 is 6.18 Å². The van der Waals surface area contributed by atoms with Gasteiger partial charge in [0, 0.05) is 6.20 Å². The van der Waals surface area contributed by atoms with Crippen molar-refractivity contribution in [2.45, 2.75) is 13.1 Å². The van der Waals surface area contributed by atoms with Crippen LogP contribution in [0.3, 0.4) is 0 Å². The van der Waals surface area contributed by atoms with Crippen molar-refractivity contribution >= 4 is 6.08 Å². The SMILES string of the molecule is C/C=C/c1ccc(C(F)(F)F)nc1. The van der Waals surface area contributed by atoms with E-state index in [-0.39, 0.29) is 0 Å². The Bertz CT molecular complexity index is 298. The summed E-state index contributed by atoms with van der Waals surface area (Å²) < 4.78 is 36.1. The minimum absolute atomic E-state index is 0.663. The fourth-order valence-corrected chi connectivity index (χ4v) is 0.864. The zero-order valence-corrected chi connectivity index (χ0v) is 6.97. The van der Waals surface area contributed by atoms with Crippen LogP contribution in [0.2, 0.25) is 0 Å². The lowest BCUT2D eigenvalue weighted by Gasteiger charge is -2.04. The molecule has 0 N–H and O–H groups in total. The summed E-state index contributed by atoms with van der Waals surface area (Å²) in [4.78, 5) is 3.29. The zero-order valence-electron chi connectivity index (χ0n) is 6.97. The van der Waals surface area contributed by atoms with Gasteiger partial charge in [-0.3, -0.25) is 4.98 Å². The van der Waals surface area contributed by atoms with E-state index in [1.165, 1.54) is 12.3 Å². The molecule has 0 atom stereocenters. The molecule has 1 rings (SSSR count). The fourth-order valence-electron chi connectivity index (χ4n) is 0.864. The molecule has 0 radical (unpaired) electrons. The first-order valence-corrected chi connectivity index (χ1v) is 3.70. The average Bonchev–Trinajstić information content (AvgIpc) is 2.04. The topological polar surface area (TPSA) is 12.9 Å². The summed E-state index contributed by atoms with van der Waals surface area (Å²) in [6.45, 7) is 1.79. The molecule has 0 fully saturated rings. The Balaban J connectivity index is 2.94. The van der Waals surface area contributed by atoms with Crippen molar-refractivity contribution in [3.8, 4) is 0 Å². The summed E-state index contributed by atoms with van der Waals surface area (Å²) in [6, 6.07) is 2.35. The third-order valence-electron chi connectivity index (χ3n) is 1.44. The molecule has 1 nitrogen and oxygen atoms in total. The third-order valence-corrected chi connectivity index (χ3v) is 1.44.